The molecular weight excluding hydrogens is 379 g/mol. The molecule has 0 bridgehead atoms. The molecule has 1 amide bonds. The lowest BCUT2D eigenvalue weighted by Crippen LogP contribution is -2.18. The number of rotatable bonds is 2. The van der Waals surface area contributed by atoms with Crippen molar-refractivity contribution < 1.29 is 4.79 Å². The summed E-state index contributed by atoms with van der Waals surface area (Å²) < 4.78 is 2.91. The van der Waals surface area contributed by atoms with Crippen molar-refractivity contribution in [1.29, 1.82) is 0 Å². The highest BCUT2D eigenvalue weighted by Gasteiger charge is 2.54. The number of fused-ring (bicyclic) bond motifs is 2. The second-order valence-corrected chi connectivity index (χ2v) is 7.56. The summed E-state index contributed by atoms with van der Waals surface area (Å²) in [5.74, 6) is 0.984. The Bertz CT molecular complexity index is 769. The zero-order valence-electron chi connectivity index (χ0n) is 11.6. The van der Waals surface area contributed by atoms with Crippen molar-refractivity contribution in [2.24, 2.45) is 17.1 Å². The van der Waals surface area contributed by atoms with Crippen LogP contribution in [0.3, 0.4) is 0 Å². The molecule has 0 radical (unpaired) electrons. The Balaban J connectivity index is 1.90. The molecular formula is C15H15IN4O. The van der Waals surface area contributed by atoms with Gasteiger partial charge in [0.05, 0.1) is 5.69 Å². The summed E-state index contributed by atoms with van der Waals surface area (Å²) in [5, 5.41) is 4.47. The Hall–Kier alpha value is -1.44. The maximum Gasteiger partial charge on any atom is 0.269 e. The topological polar surface area (TPSA) is 73.8 Å². The predicted molar refractivity (Wildman–Crippen MR) is 86.2 cm³/mol. The van der Waals surface area contributed by atoms with Gasteiger partial charge in [-0.15, -0.1) is 0 Å². The molecule has 1 saturated carbocycles. The van der Waals surface area contributed by atoms with Crippen LogP contribution in [0.2, 0.25) is 0 Å². The van der Waals surface area contributed by atoms with E-state index >= 15 is 0 Å². The van der Waals surface area contributed by atoms with Crippen LogP contribution in [-0.2, 0) is 12.8 Å². The van der Waals surface area contributed by atoms with Gasteiger partial charge in [0.25, 0.3) is 5.91 Å². The second kappa shape index (κ2) is 4.28. The smallest absolute Gasteiger partial charge is 0.269 e. The zero-order chi connectivity index (χ0) is 14.8. The number of pyridine rings is 1. The molecule has 0 saturated heterocycles. The highest BCUT2D eigenvalue weighted by atomic mass is 127. The van der Waals surface area contributed by atoms with Gasteiger partial charge in [0.15, 0.2) is 11.5 Å². The average molecular weight is 394 g/mol. The quantitative estimate of drug-likeness (QED) is 0.793. The molecule has 1 fully saturated rings. The number of amides is 1. The van der Waals surface area contributed by atoms with E-state index in [0.29, 0.717) is 17.0 Å². The summed E-state index contributed by atoms with van der Waals surface area (Å²) >= 11 is 2.25. The minimum atomic E-state index is -0.445. The van der Waals surface area contributed by atoms with Crippen LogP contribution >= 0.6 is 22.6 Å². The highest BCUT2D eigenvalue weighted by molar-refractivity contribution is 14.1. The van der Waals surface area contributed by atoms with Gasteiger partial charge in [-0.3, -0.25) is 4.79 Å². The molecule has 2 N–H and O–H groups in total. The van der Waals surface area contributed by atoms with E-state index in [1.54, 1.807) is 6.20 Å². The SMILES string of the molecule is CC12Cc3c(c(C(N)=O)nn3-c3cc(I)ccn3)C[C@@H]1C2. The fourth-order valence-electron chi connectivity index (χ4n) is 3.45. The Labute approximate surface area is 136 Å². The van der Waals surface area contributed by atoms with Crippen molar-refractivity contribution >= 4 is 28.5 Å². The van der Waals surface area contributed by atoms with E-state index in [-0.39, 0.29) is 0 Å². The van der Waals surface area contributed by atoms with Crippen molar-refractivity contribution in [1.82, 2.24) is 14.8 Å². The van der Waals surface area contributed by atoms with Crippen LogP contribution < -0.4 is 5.73 Å². The van der Waals surface area contributed by atoms with Gasteiger partial charge in [0.1, 0.15) is 0 Å². The molecule has 0 aromatic carbocycles. The number of primary amides is 1. The van der Waals surface area contributed by atoms with Crippen LogP contribution in [0.15, 0.2) is 18.3 Å². The molecule has 1 unspecified atom stereocenters. The number of nitrogens with zero attached hydrogens (tertiary/aromatic N) is 3. The van der Waals surface area contributed by atoms with E-state index in [0.717, 1.165) is 33.5 Å². The molecule has 4 rings (SSSR count). The van der Waals surface area contributed by atoms with Crippen molar-refractivity contribution in [2.75, 3.05) is 0 Å². The third-order valence-corrected chi connectivity index (χ3v) is 5.48. The van der Waals surface area contributed by atoms with E-state index < -0.39 is 5.91 Å². The van der Waals surface area contributed by atoms with Crippen molar-refractivity contribution in [3.05, 3.63) is 38.9 Å². The number of hydrogen-bond donors (Lipinski definition) is 1. The summed E-state index contributed by atoms with van der Waals surface area (Å²) in [6.07, 6.45) is 4.84. The number of nitrogens with two attached hydrogens (primary N) is 1. The Morgan fingerprint density at radius 1 is 1.57 bits per heavy atom. The molecule has 5 nitrogen and oxygen atoms in total. The summed E-state index contributed by atoms with van der Waals surface area (Å²) in [4.78, 5) is 16.1. The monoisotopic (exact) mass is 394 g/mol. The Kier molecular flexibility index (Phi) is 2.70. The van der Waals surface area contributed by atoms with Gasteiger partial charge in [-0.05, 0) is 65.3 Å². The molecule has 2 heterocycles. The molecule has 0 spiro atoms. The van der Waals surface area contributed by atoms with Gasteiger partial charge in [-0.25, -0.2) is 9.67 Å². The zero-order valence-corrected chi connectivity index (χ0v) is 13.8. The molecule has 21 heavy (non-hydrogen) atoms. The molecule has 0 aliphatic heterocycles. The van der Waals surface area contributed by atoms with Crippen molar-refractivity contribution in [2.45, 2.75) is 26.2 Å². The summed E-state index contributed by atoms with van der Waals surface area (Å²) in [5.41, 5.74) is 8.43. The van der Waals surface area contributed by atoms with Crippen LogP contribution in [-0.4, -0.2) is 20.7 Å². The van der Waals surface area contributed by atoms with Gasteiger partial charge in [-0.1, -0.05) is 6.92 Å². The molecule has 2 atom stereocenters. The van der Waals surface area contributed by atoms with Crippen molar-refractivity contribution in [3.63, 3.8) is 0 Å². The normalized spacial score (nSPS) is 26.1. The van der Waals surface area contributed by atoms with E-state index in [2.05, 4.69) is 39.6 Å². The van der Waals surface area contributed by atoms with Crippen LogP contribution in [0, 0.1) is 14.9 Å². The van der Waals surface area contributed by atoms with Gasteiger partial charge in [0.2, 0.25) is 0 Å². The van der Waals surface area contributed by atoms with Gasteiger partial charge in [-0.2, -0.15) is 5.10 Å². The lowest BCUT2D eigenvalue weighted by Gasteiger charge is -2.19. The molecule has 108 valence electrons. The molecule has 6 heteroatoms. The summed E-state index contributed by atoms with van der Waals surface area (Å²) in [6.45, 7) is 2.31. The van der Waals surface area contributed by atoms with Crippen LogP contribution in [0.1, 0.15) is 35.1 Å². The first-order valence-corrected chi connectivity index (χ1v) is 8.08. The number of carbonyl (C=O) groups excluding carboxylic acids is 1. The van der Waals surface area contributed by atoms with E-state index in [4.69, 9.17) is 5.73 Å². The van der Waals surface area contributed by atoms with Crippen LogP contribution in [0.5, 0.6) is 0 Å². The maximum atomic E-state index is 11.7. The van der Waals surface area contributed by atoms with Crippen LogP contribution in [0.25, 0.3) is 5.82 Å². The van der Waals surface area contributed by atoms with Gasteiger partial charge < -0.3 is 5.73 Å². The number of halogens is 1. The number of carbonyl (C=O) groups is 1. The number of hydrogen-bond acceptors (Lipinski definition) is 3. The first kappa shape index (κ1) is 13.2. The van der Waals surface area contributed by atoms with Crippen LogP contribution in [0.4, 0.5) is 0 Å². The van der Waals surface area contributed by atoms with E-state index in [1.807, 2.05) is 16.8 Å². The minimum absolute atomic E-state index is 0.363. The Morgan fingerprint density at radius 3 is 3.10 bits per heavy atom. The minimum Gasteiger partial charge on any atom is -0.364 e. The van der Waals surface area contributed by atoms with E-state index in [1.165, 1.54) is 6.42 Å². The van der Waals surface area contributed by atoms with Gasteiger partial charge in [0, 0.05) is 15.3 Å². The molecule has 2 aromatic rings. The average Bonchev–Trinajstić information content (AvgIpc) is 2.94. The Morgan fingerprint density at radius 2 is 2.38 bits per heavy atom. The van der Waals surface area contributed by atoms with Gasteiger partial charge >= 0.3 is 0 Å². The molecule has 2 aromatic heterocycles. The maximum absolute atomic E-state index is 11.7. The third-order valence-electron chi connectivity index (χ3n) is 4.81. The first-order valence-electron chi connectivity index (χ1n) is 7.00. The molecule has 2 aliphatic rings. The summed E-state index contributed by atoms with van der Waals surface area (Å²) in [6, 6.07) is 3.91. The number of aromatic nitrogens is 3. The third kappa shape index (κ3) is 1.99. The highest BCUT2D eigenvalue weighted by Crippen LogP contribution is 2.59. The lowest BCUT2D eigenvalue weighted by molar-refractivity contribution is 0.0994. The van der Waals surface area contributed by atoms with Crippen molar-refractivity contribution in [3.8, 4) is 5.82 Å². The molecule has 2 aliphatic carbocycles. The largest absolute Gasteiger partial charge is 0.364 e. The fraction of sp³-hybridized carbons (Fsp3) is 0.400. The first-order chi connectivity index (χ1) is 9.98. The fourth-order valence-corrected chi connectivity index (χ4v) is 3.89. The second-order valence-electron chi connectivity index (χ2n) is 6.32. The summed E-state index contributed by atoms with van der Waals surface area (Å²) in [7, 11) is 0. The van der Waals surface area contributed by atoms with E-state index in [9.17, 15) is 4.79 Å². The predicted octanol–water partition coefficient (Wildman–Crippen LogP) is 2.10. The standard InChI is InChI=1S/C15H15IN4O/c1-15-6-8(15)4-10-11(7-15)20(19-13(10)14(17)21)12-5-9(16)2-3-18-12/h2-3,5,8H,4,6-7H2,1H3,(H2,17,21)/t8-,15?/m1/s1. The lowest BCUT2D eigenvalue weighted by atomic mass is 9.87.